The van der Waals surface area contributed by atoms with Crippen LogP contribution in [0.5, 0.6) is 0 Å². The fourth-order valence-corrected chi connectivity index (χ4v) is 2.69. The zero-order chi connectivity index (χ0) is 13.4. The minimum Gasteiger partial charge on any atom is -0.373 e. The van der Waals surface area contributed by atoms with Crippen LogP contribution in [0.3, 0.4) is 0 Å². The van der Waals surface area contributed by atoms with E-state index < -0.39 is 0 Å². The lowest BCUT2D eigenvalue weighted by Crippen LogP contribution is -2.48. The molecule has 2 N–H and O–H groups in total. The van der Waals surface area contributed by atoms with Crippen molar-refractivity contribution in [2.75, 3.05) is 26.2 Å². The van der Waals surface area contributed by atoms with Crippen LogP contribution in [0.4, 0.5) is 0 Å². The highest BCUT2D eigenvalue weighted by Crippen LogP contribution is 2.37. The summed E-state index contributed by atoms with van der Waals surface area (Å²) in [5.41, 5.74) is 6.29. The van der Waals surface area contributed by atoms with Gasteiger partial charge in [0.05, 0.1) is 17.7 Å². The van der Waals surface area contributed by atoms with Crippen LogP contribution in [0.15, 0.2) is 12.3 Å². The summed E-state index contributed by atoms with van der Waals surface area (Å²) in [5.74, 6) is 0.0283. The number of halogens is 1. The van der Waals surface area contributed by atoms with Gasteiger partial charge < -0.3 is 19.9 Å². The first kappa shape index (κ1) is 13.0. The van der Waals surface area contributed by atoms with Crippen molar-refractivity contribution in [3.8, 4) is 0 Å². The van der Waals surface area contributed by atoms with E-state index in [9.17, 15) is 4.79 Å². The molecular weight excluding hydrogens is 266 g/mol. The molecule has 5 nitrogen and oxygen atoms in total. The smallest absolute Gasteiger partial charge is 0.270 e. The third-order valence-corrected chi connectivity index (χ3v) is 3.87. The van der Waals surface area contributed by atoms with E-state index in [1.54, 1.807) is 6.07 Å². The first-order valence-electron chi connectivity index (χ1n) is 6.67. The standard InChI is InChI=1S/C13H18ClN3O2/c14-9-5-12(17(7-9)10-1-2-10)13(18)16-3-4-19-11(6-15)8-16/h5,7,10-11H,1-4,6,8,15H2. The van der Waals surface area contributed by atoms with Crippen molar-refractivity contribution in [1.82, 2.24) is 9.47 Å². The molecule has 1 unspecified atom stereocenters. The van der Waals surface area contributed by atoms with Gasteiger partial charge in [-0.3, -0.25) is 4.79 Å². The van der Waals surface area contributed by atoms with Crippen molar-refractivity contribution in [2.45, 2.75) is 25.0 Å². The van der Waals surface area contributed by atoms with Gasteiger partial charge in [-0.25, -0.2) is 0 Å². The number of ether oxygens (including phenoxy) is 1. The van der Waals surface area contributed by atoms with Gasteiger partial charge in [0.1, 0.15) is 5.69 Å². The highest BCUT2D eigenvalue weighted by atomic mass is 35.5. The second-order valence-corrected chi connectivity index (χ2v) is 5.60. The minimum atomic E-state index is -0.0579. The van der Waals surface area contributed by atoms with Gasteiger partial charge in [0, 0.05) is 31.9 Å². The lowest BCUT2D eigenvalue weighted by atomic mass is 10.2. The summed E-state index contributed by atoms with van der Waals surface area (Å²) in [6, 6.07) is 2.20. The summed E-state index contributed by atoms with van der Waals surface area (Å²) >= 11 is 6.04. The Morgan fingerprint density at radius 3 is 3.00 bits per heavy atom. The quantitative estimate of drug-likeness (QED) is 0.909. The molecule has 2 heterocycles. The van der Waals surface area contributed by atoms with Crippen LogP contribution in [0, 0.1) is 0 Å². The Labute approximate surface area is 117 Å². The molecule has 1 aliphatic heterocycles. The zero-order valence-electron chi connectivity index (χ0n) is 10.7. The Morgan fingerprint density at radius 1 is 1.53 bits per heavy atom. The third kappa shape index (κ3) is 2.63. The molecule has 3 rings (SSSR count). The normalized spacial score (nSPS) is 23.7. The van der Waals surface area contributed by atoms with Gasteiger partial charge in [0.2, 0.25) is 0 Å². The zero-order valence-corrected chi connectivity index (χ0v) is 11.5. The Morgan fingerprint density at radius 2 is 2.32 bits per heavy atom. The second-order valence-electron chi connectivity index (χ2n) is 5.16. The second kappa shape index (κ2) is 5.15. The molecule has 1 amide bonds. The SMILES string of the molecule is NCC1CN(C(=O)c2cc(Cl)cn2C2CC2)CCO1. The van der Waals surface area contributed by atoms with E-state index in [4.69, 9.17) is 22.1 Å². The van der Waals surface area contributed by atoms with E-state index >= 15 is 0 Å². The molecule has 1 aromatic heterocycles. The summed E-state index contributed by atoms with van der Waals surface area (Å²) in [7, 11) is 0. The van der Waals surface area contributed by atoms with Crippen LogP contribution >= 0.6 is 11.6 Å². The Hall–Kier alpha value is -1.04. The lowest BCUT2D eigenvalue weighted by molar-refractivity contribution is -0.0171. The number of carbonyl (C=O) groups excluding carboxylic acids is 1. The largest absolute Gasteiger partial charge is 0.373 e. The third-order valence-electron chi connectivity index (χ3n) is 3.66. The summed E-state index contributed by atoms with van der Waals surface area (Å²) in [6.07, 6.45) is 4.05. The molecule has 1 saturated carbocycles. The monoisotopic (exact) mass is 283 g/mol. The highest BCUT2D eigenvalue weighted by molar-refractivity contribution is 6.31. The van der Waals surface area contributed by atoms with Crippen molar-refractivity contribution in [3.05, 3.63) is 23.0 Å². The van der Waals surface area contributed by atoms with Gasteiger partial charge in [-0.05, 0) is 18.9 Å². The Bertz CT molecular complexity index is 484. The summed E-state index contributed by atoms with van der Waals surface area (Å²) in [6.45, 7) is 2.16. The van der Waals surface area contributed by atoms with E-state index in [1.807, 2.05) is 15.7 Å². The average molecular weight is 284 g/mol. The van der Waals surface area contributed by atoms with E-state index in [-0.39, 0.29) is 12.0 Å². The molecule has 104 valence electrons. The van der Waals surface area contributed by atoms with Crippen LogP contribution in [0.2, 0.25) is 5.02 Å². The maximum Gasteiger partial charge on any atom is 0.270 e. The van der Waals surface area contributed by atoms with Crippen LogP contribution in [0.25, 0.3) is 0 Å². The minimum absolute atomic E-state index is 0.0283. The number of aromatic nitrogens is 1. The number of nitrogens with two attached hydrogens (primary N) is 1. The number of hydrogen-bond acceptors (Lipinski definition) is 3. The van der Waals surface area contributed by atoms with Crippen molar-refractivity contribution >= 4 is 17.5 Å². The molecule has 0 aromatic carbocycles. The van der Waals surface area contributed by atoms with Crippen molar-refractivity contribution < 1.29 is 9.53 Å². The van der Waals surface area contributed by atoms with Gasteiger partial charge in [-0.1, -0.05) is 11.6 Å². The molecular formula is C13H18ClN3O2. The molecule has 1 saturated heterocycles. The average Bonchev–Trinajstić information content (AvgIpc) is 3.21. The molecule has 1 aromatic rings. The predicted octanol–water partition coefficient (Wildman–Crippen LogP) is 1.28. The predicted molar refractivity (Wildman–Crippen MR) is 72.4 cm³/mol. The van der Waals surface area contributed by atoms with Crippen LogP contribution < -0.4 is 5.73 Å². The van der Waals surface area contributed by atoms with E-state index in [1.165, 1.54) is 0 Å². The highest BCUT2D eigenvalue weighted by Gasteiger charge is 2.31. The van der Waals surface area contributed by atoms with Gasteiger partial charge in [-0.15, -0.1) is 0 Å². The first-order chi connectivity index (χ1) is 9.19. The number of morpholine rings is 1. The molecule has 1 aliphatic carbocycles. The summed E-state index contributed by atoms with van der Waals surface area (Å²) in [4.78, 5) is 14.4. The van der Waals surface area contributed by atoms with Crippen LogP contribution in [-0.4, -0.2) is 47.7 Å². The summed E-state index contributed by atoms with van der Waals surface area (Å²) < 4.78 is 7.50. The molecule has 2 aliphatic rings. The Kier molecular flexibility index (Phi) is 3.52. The lowest BCUT2D eigenvalue weighted by Gasteiger charge is -2.32. The number of carbonyl (C=O) groups is 1. The van der Waals surface area contributed by atoms with Gasteiger partial charge in [0.15, 0.2) is 0 Å². The van der Waals surface area contributed by atoms with Crippen molar-refractivity contribution in [1.29, 1.82) is 0 Å². The Balaban J connectivity index is 1.79. The van der Waals surface area contributed by atoms with E-state index in [0.29, 0.717) is 43.0 Å². The number of amides is 1. The van der Waals surface area contributed by atoms with Crippen LogP contribution in [-0.2, 0) is 4.74 Å². The molecule has 0 bridgehead atoms. The number of hydrogen-bond donors (Lipinski definition) is 1. The molecule has 0 radical (unpaired) electrons. The molecule has 2 fully saturated rings. The molecule has 19 heavy (non-hydrogen) atoms. The maximum atomic E-state index is 12.6. The van der Waals surface area contributed by atoms with Crippen LogP contribution in [0.1, 0.15) is 29.4 Å². The fraction of sp³-hybridized carbons (Fsp3) is 0.615. The topological polar surface area (TPSA) is 60.5 Å². The van der Waals surface area contributed by atoms with Crippen molar-refractivity contribution in [3.63, 3.8) is 0 Å². The molecule has 6 heteroatoms. The van der Waals surface area contributed by atoms with Gasteiger partial charge in [0.25, 0.3) is 5.91 Å². The summed E-state index contributed by atoms with van der Waals surface area (Å²) in [5, 5.41) is 0.624. The van der Waals surface area contributed by atoms with Gasteiger partial charge >= 0.3 is 0 Å². The van der Waals surface area contributed by atoms with Gasteiger partial charge in [-0.2, -0.15) is 0 Å². The maximum absolute atomic E-state index is 12.6. The number of rotatable bonds is 3. The van der Waals surface area contributed by atoms with E-state index in [0.717, 1.165) is 12.8 Å². The van der Waals surface area contributed by atoms with Crippen molar-refractivity contribution in [2.24, 2.45) is 5.73 Å². The number of nitrogens with zero attached hydrogens (tertiary/aromatic N) is 2. The van der Waals surface area contributed by atoms with E-state index in [2.05, 4.69) is 0 Å². The first-order valence-corrected chi connectivity index (χ1v) is 7.05. The molecule has 1 atom stereocenters. The fourth-order valence-electron chi connectivity index (χ4n) is 2.48. The molecule has 0 spiro atoms.